The number of nitrogens with one attached hydrogen (secondary N) is 1. The van der Waals surface area contributed by atoms with Crippen LogP contribution in [-0.2, 0) is 32.6 Å². The van der Waals surface area contributed by atoms with Crippen LogP contribution in [0.25, 0.3) is 0 Å². The Balaban J connectivity index is 1.90. The van der Waals surface area contributed by atoms with E-state index in [1.54, 1.807) is 42.2 Å². The van der Waals surface area contributed by atoms with Crippen LogP contribution in [-0.4, -0.2) is 50.5 Å². The molecule has 3 aromatic carbocycles. The van der Waals surface area contributed by atoms with Gasteiger partial charge in [0.25, 0.3) is 0 Å². The molecular weight excluding hydrogens is 593 g/mol. The van der Waals surface area contributed by atoms with Crippen molar-refractivity contribution in [2.45, 2.75) is 52.6 Å². The third-order valence-corrected chi connectivity index (χ3v) is 8.68. The van der Waals surface area contributed by atoms with Gasteiger partial charge in [-0.15, -0.1) is 0 Å². The van der Waals surface area contributed by atoms with Crippen LogP contribution < -0.4 is 9.62 Å². The minimum Gasteiger partial charge on any atom is -0.354 e. The second-order valence-corrected chi connectivity index (χ2v) is 13.6. The molecule has 0 aliphatic heterocycles. The molecule has 42 heavy (non-hydrogen) atoms. The van der Waals surface area contributed by atoms with Gasteiger partial charge >= 0.3 is 0 Å². The predicted octanol–water partition coefficient (Wildman–Crippen LogP) is 6.26. The van der Waals surface area contributed by atoms with Gasteiger partial charge in [-0.25, -0.2) is 8.42 Å². The maximum Gasteiger partial charge on any atom is 0.243 e. The quantitative estimate of drug-likeness (QED) is 0.227. The smallest absolute Gasteiger partial charge is 0.243 e. The lowest BCUT2D eigenvalue weighted by molar-refractivity contribution is -0.141. The maximum absolute atomic E-state index is 13.9. The average molecular weight is 633 g/mol. The van der Waals surface area contributed by atoms with Gasteiger partial charge in [0.1, 0.15) is 6.04 Å². The SMILES string of the molecule is Cc1c(Cl)cccc1N(CCCC(=O)N(Cc1cccc(Cl)c1)[C@@H](Cc1ccccc1)C(=O)NCC(C)C)S(C)(=O)=O. The molecule has 1 N–H and O–H groups in total. The molecule has 0 bridgehead atoms. The summed E-state index contributed by atoms with van der Waals surface area (Å²) < 4.78 is 26.7. The molecule has 0 heterocycles. The number of amides is 2. The number of carbonyl (C=O) groups is 2. The van der Waals surface area contributed by atoms with E-state index in [9.17, 15) is 18.0 Å². The molecule has 7 nitrogen and oxygen atoms in total. The fourth-order valence-corrected chi connectivity index (χ4v) is 6.06. The molecule has 0 saturated heterocycles. The van der Waals surface area contributed by atoms with Gasteiger partial charge in [-0.2, -0.15) is 0 Å². The molecule has 3 rings (SSSR count). The number of anilines is 1. The van der Waals surface area contributed by atoms with Crippen LogP contribution in [0.3, 0.4) is 0 Å². The summed E-state index contributed by atoms with van der Waals surface area (Å²) >= 11 is 12.5. The summed E-state index contributed by atoms with van der Waals surface area (Å²) in [4.78, 5) is 29.1. The lowest BCUT2D eigenvalue weighted by atomic mass is 10.0. The van der Waals surface area contributed by atoms with E-state index in [0.717, 1.165) is 17.4 Å². The number of hydrogen-bond acceptors (Lipinski definition) is 4. The van der Waals surface area contributed by atoms with Crippen molar-refractivity contribution in [2.24, 2.45) is 5.92 Å². The van der Waals surface area contributed by atoms with Crippen molar-refractivity contribution in [1.29, 1.82) is 0 Å². The summed E-state index contributed by atoms with van der Waals surface area (Å²) in [5, 5.41) is 3.99. The molecule has 0 aromatic heterocycles. The molecule has 0 unspecified atom stereocenters. The molecule has 0 aliphatic carbocycles. The Morgan fingerprint density at radius 1 is 0.929 bits per heavy atom. The summed E-state index contributed by atoms with van der Waals surface area (Å²) in [6.45, 7) is 6.52. The van der Waals surface area contributed by atoms with Gasteiger partial charge in [0, 0.05) is 42.5 Å². The number of benzene rings is 3. The molecule has 3 aromatic rings. The zero-order valence-electron chi connectivity index (χ0n) is 24.5. The minimum absolute atomic E-state index is 0.0367. The van der Waals surface area contributed by atoms with Crippen LogP contribution in [0, 0.1) is 12.8 Å². The molecule has 0 aliphatic rings. The van der Waals surface area contributed by atoms with Crippen LogP contribution in [0.2, 0.25) is 10.0 Å². The summed E-state index contributed by atoms with van der Waals surface area (Å²) in [7, 11) is -3.64. The Hall–Kier alpha value is -3.07. The molecule has 0 radical (unpaired) electrons. The Morgan fingerprint density at radius 3 is 2.24 bits per heavy atom. The van der Waals surface area contributed by atoms with Crippen LogP contribution in [0.4, 0.5) is 5.69 Å². The fraction of sp³-hybridized carbons (Fsp3) is 0.375. The molecule has 2 amide bonds. The number of halogens is 2. The fourth-order valence-electron chi connectivity index (χ4n) is 4.66. The van der Waals surface area contributed by atoms with Crippen molar-refractivity contribution >= 4 is 50.7 Å². The molecule has 0 fully saturated rings. The lowest BCUT2D eigenvalue weighted by Crippen LogP contribution is -2.51. The largest absolute Gasteiger partial charge is 0.354 e. The first-order chi connectivity index (χ1) is 19.9. The van der Waals surface area contributed by atoms with E-state index in [0.29, 0.717) is 34.3 Å². The second-order valence-electron chi connectivity index (χ2n) is 10.8. The van der Waals surface area contributed by atoms with Crippen molar-refractivity contribution in [2.75, 3.05) is 23.7 Å². The monoisotopic (exact) mass is 631 g/mol. The normalized spacial score (nSPS) is 12.2. The Morgan fingerprint density at radius 2 is 1.60 bits per heavy atom. The number of carbonyl (C=O) groups excluding carboxylic acids is 2. The number of rotatable bonds is 14. The first-order valence-electron chi connectivity index (χ1n) is 13.9. The third-order valence-electron chi connectivity index (χ3n) is 6.86. The van der Waals surface area contributed by atoms with Crippen LogP contribution in [0.15, 0.2) is 72.8 Å². The topological polar surface area (TPSA) is 86.8 Å². The average Bonchev–Trinajstić information content (AvgIpc) is 2.93. The Labute approximate surface area is 259 Å². The lowest BCUT2D eigenvalue weighted by Gasteiger charge is -2.32. The number of nitrogens with zero attached hydrogens (tertiary/aromatic N) is 2. The second kappa shape index (κ2) is 15.4. The van der Waals surface area contributed by atoms with Crippen molar-refractivity contribution in [3.8, 4) is 0 Å². The van der Waals surface area contributed by atoms with Gasteiger partial charge in [0.2, 0.25) is 21.8 Å². The van der Waals surface area contributed by atoms with Crippen LogP contribution in [0.1, 0.15) is 43.4 Å². The van der Waals surface area contributed by atoms with Gasteiger partial charge < -0.3 is 10.2 Å². The highest BCUT2D eigenvalue weighted by atomic mass is 35.5. The highest BCUT2D eigenvalue weighted by molar-refractivity contribution is 7.92. The maximum atomic E-state index is 13.9. The zero-order valence-corrected chi connectivity index (χ0v) is 26.8. The van der Waals surface area contributed by atoms with Crippen molar-refractivity contribution < 1.29 is 18.0 Å². The molecule has 1 atom stereocenters. The first kappa shape index (κ1) is 33.4. The van der Waals surface area contributed by atoms with E-state index in [1.165, 1.54) is 4.31 Å². The molecule has 0 saturated carbocycles. The Bertz CT molecular complexity index is 1470. The molecular formula is C32H39Cl2N3O4S. The van der Waals surface area contributed by atoms with Crippen LogP contribution >= 0.6 is 23.2 Å². The predicted molar refractivity (Wildman–Crippen MR) is 171 cm³/mol. The number of hydrogen-bond donors (Lipinski definition) is 1. The summed E-state index contributed by atoms with van der Waals surface area (Å²) in [5.41, 5.74) is 2.83. The van der Waals surface area contributed by atoms with E-state index in [1.807, 2.05) is 56.3 Å². The highest BCUT2D eigenvalue weighted by Crippen LogP contribution is 2.28. The van der Waals surface area contributed by atoms with E-state index in [-0.39, 0.29) is 43.7 Å². The molecule has 226 valence electrons. The highest BCUT2D eigenvalue weighted by Gasteiger charge is 2.31. The van der Waals surface area contributed by atoms with Gasteiger partial charge in [-0.05, 0) is 60.2 Å². The molecule has 0 spiro atoms. The van der Waals surface area contributed by atoms with Gasteiger partial charge in [0.05, 0.1) is 11.9 Å². The van der Waals surface area contributed by atoms with Crippen molar-refractivity contribution in [3.05, 3.63) is 99.5 Å². The number of sulfonamides is 1. The summed E-state index contributed by atoms with van der Waals surface area (Å²) in [5.74, 6) is -0.262. The Kier molecular flexibility index (Phi) is 12.3. The van der Waals surface area contributed by atoms with Gasteiger partial charge in [0.15, 0.2) is 0 Å². The van der Waals surface area contributed by atoms with Crippen molar-refractivity contribution in [1.82, 2.24) is 10.2 Å². The summed E-state index contributed by atoms with van der Waals surface area (Å²) in [6.07, 6.45) is 1.74. The minimum atomic E-state index is -3.64. The summed E-state index contributed by atoms with van der Waals surface area (Å²) in [6, 6.07) is 21.1. The first-order valence-corrected chi connectivity index (χ1v) is 16.6. The van der Waals surface area contributed by atoms with Crippen molar-refractivity contribution in [3.63, 3.8) is 0 Å². The van der Waals surface area contributed by atoms with Gasteiger partial charge in [-0.3, -0.25) is 13.9 Å². The van der Waals surface area contributed by atoms with Gasteiger partial charge in [-0.1, -0.05) is 85.6 Å². The van der Waals surface area contributed by atoms with E-state index in [4.69, 9.17) is 23.2 Å². The zero-order chi connectivity index (χ0) is 30.9. The van der Waals surface area contributed by atoms with Crippen LogP contribution in [0.5, 0.6) is 0 Å². The van der Waals surface area contributed by atoms with E-state index < -0.39 is 16.1 Å². The standard InChI is InChI=1S/C32H39Cl2N3O4S/c1-23(2)21-35-32(39)30(20-25-11-6-5-7-12-25)36(22-26-13-8-14-27(33)19-26)31(38)17-10-18-37(42(4,40)41)29-16-9-15-28(34)24(29)3/h5-9,11-16,19,23,30H,10,17-18,20-22H2,1-4H3,(H,35,39)/t30-/m0/s1. The van der Waals surface area contributed by atoms with E-state index >= 15 is 0 Å². The molecule has 10 heteroatoms. The van der Waals surface area contributed by atoms with E-state index in [2.05, 4.69) is 5.32 Å². The third kappa shape index (κ3) is 9.75.